The smallest absolute Gasteiger partial charge is 0.246 e. The monoisotopic (exact) mass is 465 g/mol. The first-order chi connectivity index (χ1) is 16.0. The molecule has 170 valence electrons. The fourth-order valence-corrected chi connectivity index (χ4v) is 5.36. The van der Waals surface area contributed by atoms with E-state index in [1.165, 1.54) is 22.5 Å². The Labute approximate surface area is 192 Å². The van der Waals surface area contributed by atoms with Gasteiger partial charge in [-0.25, -0.2) is 13.4 Å². The number of ether oxygens (including phenoxy) is 2. The van der Waals surface area contributed by atoms with Gasteiger partial charge in [0, 0.05) is 43.7 Å². The van der Waals surface area contributed by atoms with Crippen molar-refractivity contribution in [2.24, 2.45) is 0 Å². The Hall–Kier alpha value is -3.43. The van der Waals surface area contributed by atoms with Crippen LogP contribution in [0.15, 0.2) is 65.6 Å². The van der Waals surface area contributed by atoms with Crippen LogP contribution in [0, 0.1) is 0 Å². The second kappa shape index (κ2) is 8.84. The number of rotatable bonds is 4. The number of hydrogen-bond acceptors (Lipinski definition) is 6. The van der Waals surface area contributed by atoms with Gasteiger partial charge in [0.1, 0.15) is 13.2 Å². The third-order valence-electron chi connectivity index (χ3n) is 5.72. The number of hydrogen-bond donors (Lipinski definition) is 0. The highest BCUT2D eigenvalue weighted by Crippen LogP contribution is 2.33. The number of fused-ring (bicyclic) bond motifs is 2. The van der Waals surface area contributed by atoms with Crippen molar-refractivity contribution in [3.8, 4) is 11.5 Å². The number of amides is 1. The summed E-state index contributed by atoms with van der Waals surface area (Å²) in [7, 11) is -3.69. The van der Waals surface area contributed by atoms with Crippen molar-refractivity contribution in [1.29, 1.82) is 0 Å². The van der Waals surface area contributed by atoms with Crippen LogP contribution < -0.4 is 9.47 Å². The molecule has 0 N–H and O–H groups in total. The first-order valence-electron chi connectivity index (χ1n) is 10.7. The summed E-state index contributed by atoms with van der Waals surface area (Å²) in [5, 5.41) is 1.04. The molecule has 8 nitrogen and oxygen atoms in total. The van der Waals surface area contributed by atoms with Crippen molar-refractivity contribution < 1.29 is 22.7 Å². The summed E-state index contributed by atoms with van der Waals surface area (Å²) in [4.78, 5) is 19.0. The number of piperazine rings is 1. The summed E-state index contributed by atoms with van der Waals surface area (Å²) < 4.78 is 38.5. The molecule has 0 spiro atoms. The number of benzene rings is 2. The van der Waals surface area contributed by atoms with E-state index in [2.05, 4.69) is 4.98 Å². The number of carbonyl (C=O) groups excluding carboxylic acids is 1. The molecule has 0 radical (unpaired) electrons. The van der Waals surface area contributed by atoms with E-state index in [1.807, 2.05) is 36.4 Å². The van der Waals surface area contributed by atoms with E-state index in [0.29, 0.717) is 43.5 Å². The van der Waals surface area contributed by atoms with Crippen molar-refractivity contribution in [2.45, 2.75) is 4.90 Å². The summed E-state index contributed by atoms with van der Waals surface area (Å²) in [5.74, 6) is 0.813. The minimum atomic E-state index is -3.69. The number of nitrogens with zero attached hydrogens (tertiary/aromatic N) is 3. The Bertz CT molecular complexity index is 1330. The molecule has 1 fully saturated rings. The molecule has 1 aromatic heterocycles. The van der Waals surface area contributed by atoms with Gasteiger partial charge in [-0.3, -0.25) is 4.79 Å². The molecule has 3 heterocycles. The van der Waals surface area contributed by atoms with Gasteiger partial charge in [0.2, 0.25) is 15.9 Å². The molecular formula is C24H23N3O5S. The predicted octanol–water partition coefficient (Wildman–Crippen LogP) is 2.55. The maximum absolute atomic E-state index is 13.1. The van der Waals surface area contributed by atoms with Crippen LogP contribution in [0.1, 0.15) is 5.69 Å². The molecule has 0 saturated carbocycles. The van der Waals surface area contributed by atoms with Crippen molar-refractivity contribution >= 4 is 32.9 Å². The molecule has 1 amide bonds. The van der Waals surface area contributed by atoms with E-state index < -0.39 is 10.0 Å². The van der Waals surface area contributed by atoms with Gasteiger partial charge < -0.3 is 14.4 Å². The molecule has 33 heavy (non-hydrogen) atoms. The van der Waals surface area contributed by atoms with Crippen LogP contribution in [-0.4, -0.2) is 67.9 Å². The quantitative estimate of drug-likeness (QED) is 0.551. The lowest BCUT2D eigenvalue weighted by molar-refractivity contribution is -0.127. The first kappa shape index (κ1) is 21.4. The molecular weight excluding hydrogens is 442 g/mol. The second-order valence-electron chi connectivity index (χ2n) is 7.80. The average molecular weight is 466 g/mol. The number of aromatic nitrogens is 1. The molecule has 5 rings (SSSR count). The van der Waals surface area contributed by atoms with Crippen molar-refractivity contribution in [2.75, 3.05) is 39.4 Å². The third-order valence-corrected chi connectivity index (χ3v) is 7.61. The Morgan fingerprint density at radius 1 is 0.909 bits per heavy atom. The Kier molecular flexibility index (Phi) is 5.74. The van der Waals surface area contributed by atoms with E-state index in [0.717, 1.165) is 10.9 Å². The van der Waals surface area contributed by atoms with Crippen molar-refractivity contribution in [3.63, 3.8) is 0 Å². The fourth-order valence-electron chi connectivity index (χ4n) is 3.92. The Morgan fingerprint density at radius 3 is 2.48 bits per heavy atom. The number of sulfonamides is 1. The van der Waals surface area contributed by atoms with E-state index in [-0.39, 0.29) is 23.9 Å². The van der Waals surface area contributed by atoms with Gasteiger partial charge in [0.05, 0.1) is 16.1 Å². The molecule has 9 heteroatoms. The average Bonchev–Trinajstić information content (AvgIpc) is 2.87. The van der Waals surface area contributed by atoms with Crippen LogP contribution in [0.5, 0.6) is 11.5 Å². The van der Waals surface area contributed by atoms with E-state index in [9.17, 15) is 13.2 Å². The van der Waals surface area contributed by atoms with Crippen LogP contribution in [0.4, 0.5) is 0 Å². The zero-order valence-electron chi connectivity index (χ0n) is 17.9. The Morgan fingerprint density at radius 2 is 1.67 bits per heavy atom. The third kappa shape index (κ3) is 4.42. The predicted molar refractivity (Wildman–Crippen MR) is 124 cm³/mol. The van der Waals surface area contributed by atoms with Gasteiger partial charge in [0.25, 0.3) is 0 Å². The molecule has 3 aromatic rings. The van der Waals surface area contributed by atoms with Gasteiger partial charge in [-0.15, -0.1) is 0 Å². The van der Waals surface area contributed by atoms with Crippen LogP contribution in [0.2, 0.25) is 0 Å². The summed E-state index contributed by atoms with van der Waals surface area (Å²) in [6, 6.07) is 16.3. The summed E-state index contributed by atoms with van der Waals surface area (Å²) in [6.45, 7) is 1.92. The van der Waals surface area contributed by atoms with Gasteiger partial charge in [0.15, 0.2) is 11.5 Å². The lowest BCUT2D eigenvalue weighted by Gasteiger charge is -2.33. The van der Waals surface area contributed by atoms with Crippen molar-refractivity contribution in [1.82, 2.24) is 14.2 Å². The molecule has 0 aliphatic carbocycles. The van der Waals surface area contributed by atoms with Crippen LogP contribution in [0.3, 0.4) is 0 Å². The van der Waals surface area contributed by atoms with Crippen LogP contribution >= 0.6 is 0 Å². The van der Waals surface area contributed by atoms with Gasteiger partial charge >= 0.3 is 0 Å². The molecule has 1 saturated heterocycles. The molecule has 0 bridgehead atoms. The minimum Gasteiger partial charge on any atom is -0.486 e. The normalized spacial score (nSPS) is 16.9. The lowest BCUT2D eigenvalue weighted by Crippen LogP contribution is -2.50. The second-order valence-corrected chi connectivity index (χ2v) is 9.73. The Balaban J connectivity index is 1.22. The van der Waals surface area contributed by atoms with E-state index >= 15 is 0 Å². The standard InChI is InChI=1S/C24H23N3O5S/c28-24(10-7-19-6-5-18-3-1-2-4-21(18)25-19)26-11-13-27(14-12-26)33(29,30)20-8-9-22-23(17-20)32-16-15-31-22/h1-10,17H,11-16H2. The molecule has 2 aliphatic rings. The maximum atomic E-state index is 13.1. The number of carbonyl (C=O) groups is 1. The number of para-hydroxylation sites is 1. The SMILES string of the molecule is O=C(C=Cc1ccc2ccccc2n1)N1CCN(S(=O)(=O)c2ccc3c(c2)OCCO3)CC1. The summed E-state index contributed by atoms with van der Waals surface area (Å²) in [5.41, 5.74) is 1.56. The van der Waals surface area contributed by atoms with Crippen molar-refractivity contribution in [3.05, 3.63) is 66.4 Å². The maximum Gasteiger partial charge on any atom is 0.246 e. The highest BCUT2D eigenvalue weighted by Gasteiger charge is 2.30. The lowest BCUT2D eigenvalue weighted by atomic mass is 10.2. The minimum absolute atomic E-state index is 0.161. The zero-order chi connectivity index (χ0) is 22.8. The summed E-state index contributed by atoms with van der Waals surface area (Å²) in [6.07, 6.45) is 3.18. The molecule has 2 aliphatic heterocycles. The molecule has 2 aromatic carbocycles. The van der Waals surface area contributed by atoms with Crippen LogP contribution in [0.25, 0.3) is 17.0 Å². The highest BCUT2D eigenvalue weighted by atomic mass is 32.2. The topological polar surface area (TPSA) is 89.0 Å². The largest absolute Gasteiger partial charge is 0.486 e. The fraction of sp³-hybridized carbons (Fsp3) is 0.250. The van der Waals surface area contributed by atoms with E-state index in [4.69, 9.17) is 9.47 Å². The number of pyridine rings is 1. The van der Waals surface area contributed by atoms with Crippen LogP contribution in [-0.2, 0) is 14.8 Å². The van der Waals surface area contributed by atoms with E-state index in [1.54, 1.807) is 17.0 Å². The molecule has 0 unspecified atom stereocenters. The van der Waals surface area contributed by atoms with Gasteiger partial charge in [-0.2, -0.15) is 4.31 Å². The molecule has 0 atom stereocenters. The first-order valence-corrected chi connectivity index (χ1v) is 12.2. The highest BCUT2D eigenvalue weighted by molar-refractivity contribution is 7.89. The van der Waals surface area contributed by atoms with Gasteiger partial charge in [-0.1, -0.05) is 24.3 Å². The zero-order valence-corrected chi connectivity index (χ0v) is 18.7. The summed E-state index contributed by atoms with van der Waals surface area (Å²) >= 11 is 0. The van der Waals surface area contributed by atoms with Gasteiger partial charge in [-0.05, 0) is 30.3 Å².